The van der Waals surface area contributed by atoms with Crippen LogP contribution in [0.4, 0.5) is 0 Å². The van der Waals surface area contributed by atoms with Gasteiger partial charge in [0.1, 0.15) is 0 Å². The molecule has 0 saturated heterocycles. The lowest BCUT2D eigenvalue weighted by Crippen LogP contribution is -1.82. The van der Waals surface area contributed by atoms with Crippen LogP contribution in [0.1, 0.15) is 15.9 Å². The monoisotopic (exact) mass is 247 g/mol. The summed E-state index contributed by atoms with van der Waals surface area (Å²) in [6, 6.07) is 18.0. The van der Waals surface area contributed by atoms with E-state index in [0.29, 0.717) is 5.56 Å². The molecule has 2 heteroatoms. The van der Waals surface area contributed by atoms with Crippen LogP contribution < -0.4 is 0 Å². The van der Waals surface area contributed by atoms with Gasteiger partial charge in [0.15, 0.2) is 6.29 Å². The third kappa shape index (κ3) is 2.20. The second-order valence-electron chi connectivity index (χ2n) is 4.35. The van der Waals surface area contributed by atoms with Crippen LogP contribution in [0.25, 0.3) is 23.2 Å². The molecule has 0 saturated carbocycles. The van der Waals surface area contributed by atoms with E-state index >= 15 is 0 Å². The molecule has 0 radical (unpaired) electrons. The fourth-order valence-corrected chi connectivity index (χ4v) is 2.18. The standard InChI is InChI=1S/C17H13NO/c19-13-15-12-18(17-9-5-4-8-16(15)17)11-10-14-6-2-1-3-7-14/h1-13H/b11-10+. The first-order valence-electron chi connectivity index (χ1n) is 6.16. The maximum Gasteiger partial charge on any atom is 0.152 e. The number of fused-ring (bicyclic) bond motifs is 1. The average molecular weight is 247 g/mol. The zero-order chi connectivity index (χ0) is 13.1. The molecule has 2 nitrogen and oxygen atoms in total. The lowest BCUT2D eigenvalue weighted by molar-refractivity contribution is 0.112. The molecule has 0 amide bonds. The Morgan fingerprint density at radius 1 is 0.895 bits per heavy atom. The highest BCUT2D eigenvalue weighted by molar-refractivity contribution is 5.98. The Morgan fingerprint density at radius 2 is 1.63 bits per heavy atom. The molecule has 0 aliphatic heterocycles. The van der Waals surface area contributed by atoms with Gasteiger partial charge in [-0.05, 0) is 17.7 Å². The molecule has 2 aromatic carbocycles. The predicted octanol–water partition coefficient (Wildman–Crippen LogP) is 4.08. The van der Waals surface area contributed by atoms with Crippen molar-refractivity contribution >= 4 is 29.5 Å². The third-order valence-electron chi connectivity index (χ3n) is 3.13. The van der Waals surface area contributed by atoms with Crippen molar-refractivity contribution in [2.24, 2.45) is 0 Å². The lowest BCUT2D eigenvalue weighted by Gasteiger charge is -1.97. The summed E-state index contributed by atoms with van der Waals surface area (Å²) in [5.74, 6) is 0. The SMILES string of the molecule is O=Cc1cn(/C=C/c2ccccc2)c2ccccc12. The number of hydrogen-bond acceptors (Lipinski definition) is 1. The Labute approximate surface area is 111 Å². The first-order valence-corrected chi connectivity index (χ1v) is 6.16. The van der Waals surface area contributed by atoms with E-state index in [-0.39, 0.29) is 0 Å². The summed E-state index contributed by atoms with van der Waals surface area (Å²) >= 11 is 0. The number of para-hydroxylation sites is 1. The Kier molecular flexibility index (Phi) is 2.99. The van der Waals surface area contributed by atoms with Crippen molar-refractivity contribution in [3.8, 4) is 0 Å². The topological polar surface area (TPSA) is 22.0 Å². The number of rotatable bonds is 3. The van der Waals surface area contributed by atoms with Gasteiger partial charge in [-0.3, -0.25) is 4.79 Å². The van der Waals surface area contributed by atoms with Crippen molar-refractivity contribution in [2.75, 3.05) is 0 Å². The van der Waals surface area contributed by atoms with E-state index in [1.54, 1.807) is 0 Å². The van der Waals surface area contributed by atoms with Crippen molar-refractivity contribution in [1.29, 1.82) is 0 Å². The largest absolute Gasteiger partial charge is 0.322 e. The normalized spacial score (nSPS) is 11.2. The minimum Gasteiger partial charge on any atom is -0.322 e. The molecule has 3 rings (SSSR count). The number of hydrogen-bond donors (Lipinski definition) is 0. The molecular weight excluding hydrogens is 234 g/mol. The van der Waals surface area contributed by atoms with Crippen molar-refractivity contribution in [1.82, 2.24) is 4.57 Å². The molecule has 1 heterocycles. The molecule has 0 bridgehead atoms. The Morgan fingerprint density at radius 3 is 2.42 bits per heavy atom. The molecular formula is C17H13NO. The van der Waals surface area contributed by atoms with Crippen molar-refractivity contribution in [3.63, 3.8) is 0 Å². The van der Waals surface area contributed by atoms with Gasteiger partial charge in [-0.15, -0.1) is 0 Å². The van der Waals surface area contributed by atoms with Gasteiger partial charge in [0.25, 0.3) is 0 Å². The van der Waals surface area contributed by atoms with Gasteiger partial charge in [-0.2, -0.15) is 0 Å². The Bertz CT molecular complexity index is 738. The van der Waals surface area contributed by atoms with Crippen LogP contribution in [0.15, 0.2) is 60.8 Å². The van der Waals surface area contributed by atoms with E-state index in [0.717, 1.165) is 22.8 Å². The number of nitrogens with zero attached hydrogens (tertiary/aromatic N) is 1. The van der Waals surface area contributed by atoms with Crippen molar-refractivity contribution < 1.29 is 4.79 Å². The molecule has 92 valence electrons. The fraction of sp³-hybridized carbons (Fsp3) is 0. The van der Waals surface area contributed by atoms with Crippen molar-refractivity contribution in [3.05, 3.63) is 71.9 Å². The summed E-state index contributed by atoms with van der Waals surface area (Å²) in [6.07, 6.45) is 6.76. The van der Waals surface area contributed by atoms with Crippen LogP contribution in [0.2, 0.25) is 0 Å². The van der Waals surface area contributed by atoms with Gasteiger partial charge >= 0.3 is 0 Å². The minimum absolute atomic E-state index is 0.716. The molecule has 0 aliphatic carbocycles. The summed E-state index contributed by atoms with van der Waals surface area (Å²) in [5, 5.41) is 0.982. The molecule has 3 aromatic rings. The van der Waals surface area contributed by atoms with Crippen LogP contribution >= 0.6 is 0 Å². The van der Waals surface area contributed by atoms with Gasteiger partial charge in [0.05, 0.1) is 5.52 Å². The Balaban J connectivity index is 2.06. The summed E-state index contributed by atoms with van der Waals surface area (Å²) in [4.78, 5) is 11.1. The van der Waals surface area contributed by atoms with Crippen molar-refractivity contribution in [2.45, 2.75) is 0 Å². The number of carbonyl (C=O) groups is 1. The van der Waals surface area contributed by atoms with E-state index in [2.05, 4.69) is 0 Å². The summed E-state index contributed by atoms with van der Waals surface area (Å²) in [7, 11) is 0. The molecule has 0 spiro atoms. The second kappa shape index (κ2) is 4.94. The maximum atomic E-state index is 11.1. The number of carbonyl (C=O) groups excluding carboxylic acids is 1. The maximum absolute atomic E-state index is 11.1. The molecule has 0 N–H and O–H groups in total. The summed E-state index contributed by atoms with van der Waals surface area (Å²) in [6.45, 7) is 0. The van der Waals surface area contributed by atoms with E-state index in [1.807, 2.05) is 77.6 Å². The highest BCUT2D eigenvalue weighted by atomic mass is 16.1. The summed E-state index contributed by atoms with van der Waals surface area (Å²) in [5.41, 5.74) is 2.89. The number of aldehydes is 1. The van der Waals surface area contributed by atoms with E-state index in [9.17, 15) is 4.79 Å². The van der Waals surface area contributed by atoms with E-state index in [1.165, 1.54) is 0 Å². The zero-order valence-corrected chi connectivity index (χ0v) is 10.4. The molecule has 0 aliphatic rings. The highest BCUT2D eigenvalue weighted by Crippen LogP contribution is 2.20. The number of aromatic nitrogens is 1. The molecule has 0 fully saturated rings. The van der Waals surface area contributed by atoms with Gasteiger partial charge in [-0.1, -0.05) is 48.5 Å². The van der Waals surface area contributed by atoms with Gasteiger partial charge in [-0.25, -0.2) is 0 Å². The quantitative estimate of drug-likeness (QED) is 0.639. The average Bonchev–Trinajstić information content (AvgIpc) is 2.84. The smallest absolute Gasteiger partial charge is 0.152 e. The zero-order valence-electron chi connectivity index (χ0n) is 10.4. The first kappa shape index (κ1) is 11.5. The lowest BCUT2D eigenvalue weighted by atomic mass is 10.2. The van der Waals surface area contributed by atoms with Gasteiger partial charge < -0.3 is 4.57 Å². The second-order valence-corrected chi connectivity index (χ2v) is 4.35. The third-order valence-corrected chi connectivity index (χ3v) is 3.13. The molecule has 0 atom stereocenters. The highest BCUT2D eigenvalue weighted by Gasteiger charge is 2.04. The van der Waals surface area contributed by atoms with E-state index < -0.39 is 0 Å². The molecule has 1 aromatic heterocycles. The molecule has 0 unspecified atom stereocenters. The predicted molar refractivity (Wildman–Crippen MR) is 79.0 cm³/mol. The van der Waals surface area contributed by atoms with Crippen LogP contribution in [-0.4, -0.2) is 10.9 Å². The van der Waals surface area contributed by atoms with Crippen LogP contribution in [-0.2, 0) is 0 Å². The first-order chi connectivity index (χ1) is 9.38. The van der Waals surface area contributed by atoms with Gasteiger partial charge in [0.2, 0.25) is 0 Å². The number of benzene rings is 2. The van der Waals surface area contributed by atoms with Gasteiger partial charge in [0, 0.05) is 23.3 Å². The van der Waals surface area contributed by atoms with Crippen LogP contribution in [0.3, 0.4) is 0 Å². The van der Waals surface area contributed by atoms with Crippen LogP contribution in [0.5, 0.6) is 0 Å². The fourth-order valence-electron chi connectivity index (χ4n) is 2.18. The minimum atomic E-state index is 0.716. The Hall–Kier alpha value is -2.61. The summed E-state index contributed by atoms with van der Waals surface area (Å²) < 4.78 is 1.98. The van der Waals surface area contributed by atoms with E-state index in [4.69, 9.17) is 0 Å². The van der Waals surface area contributed by atoms with Crippen LogP contribution in [0, 0.1) is 0 Å². The molecule has 19 heavy (non-hydrogen) atoms.